The fraction of sp³-hybridized carbons (Fsp3) is 0.200. The summed E-state index contributed by atoms with van der Waals surface area (Å²) >= 11 is 5.92. The molecule has 1 heterocycles. The summed E-state index contributed by atoms with van der Waals surface area (Å²) in [5.74, 6) is 0.805. The van der Waals surface area contributed by atoms with Gasteiger partial charge in [-0.3, -0.25) is 4.79 Å². The largest absolute Gasteiger partial charge is 0.455 e. The van der Waals surface area contributed by atoms with Crippen molar-refractivity contribution in [2.45, 2.75) is 24.9 Å². The fourth-order valence-electron chi connectivity index (χ4n) is 2.88. The first-order valence-corrected chi connectivity index (χ1v) is 8.49. The monoisotopic (exact) mass is 353 g/mol. The third-order valence-electron chi connectivity index (χ3n) is 4.48. The van der Waals surface area contributed by atoms with Gasteiger partial charge in [-0.15, -0.1) is 0 Å². The molecule has 0 saturated heterocycles. The highest BCUT2D eigenvalue weighted by Crippen LogP contribution is 2.49. The van der Waals surface area contributed by atoms with Crippen LogP contribution in [0.25, 0.3) is 11.3 Å². The van der Waals surface area contributed by atoms with Crippen molar-refractivity contribution < 1.29 is 13.9 Å². The Hall–Kier alpha value is -2.59. The van der Waals surface area contributed by atoms with E-state index in [1.54, 1.807) is 18.3 Å². The number of ether oxygens (including phenoxy) is 1. The van der Waals surface area contributed by atoms with Gasteiger partial charge in [0.1, 0.15) is 0 Å². The molecular formula is C20H16ClNO3. The van der Waals surface area contributed by atoms with Crippen LogP contribution in [0.4, 0.5) is 0 Å². The Bertz CT molecular complexity index is 883. The SMILES string of the molecule is O=C(OCc1ncc(-c2ccccc2)o1)C1(c2ccc(Cl)cc2)CC1. The van der Waals surface area contributed by atoms with Crippen LogP contribution in [-0.4, -0.2) is 11.0 Å². The molecule has 2 aromatic carbocycles. The molecule has 0 atom stereocenters. The highest BCUT2D eigenvalue weighted by Gasteiger charge is 2.52. The van der Waals surface area contributed by atoms with E-state index in [0.717, 1.165) is 24.0 Å². The molecule has 1 aliphatic rings. The molecule has 4 nitrogen and oxygen atoms in total. The second-order valence-electron chi connectivity index (χ2n) is 6.15. The summed E-state index contributed by atoms with van der Waals surface area (Å²) in [6, 6.07) is 17.0. The maximum atomic E-state index is 12.5. The molecule has 1 fully saturated rings. The van der Waals surface area contributed by atoms with E-state index in [0.29, 0.717) is 16.7 Å². The van der Waals surface area contributed by atoms with Crippen molar-refractivity contribution in [1.29, 1.82) is 0 Å². The summed E-state index contributed by atoms with van der Waals surface area (Å²) in [4.78, 5) is 16.7. The number of hydrogen-bond acceptors (Lipinski definition) is 4. The minimum Gasteiger partial charge on any atom is -0.455 e. The lowest BCUT2D eigenvalue weighted by Crippen LogP contribution is -2.23. The van der Waals surface area contributed by atoms with Gasteiger partial charge in [0.25, 0.3) is 0 Å². The standard InChI is InChI=1S/C20H16ClNO3/c21-16-8-6-15(7-9-16)20(10-11-20)19(23)24-13-18-22-12-17(25-18)14-4-2-1-3-5-14/h1-9,12H,10-11,13H2. The minimum absolute atomic E-state index is 0.0288. The first kappa shape index (κ1) is 15.9. The Morgan fingerprint density at radius 1 is 1.12 bits per heavy atom. The van der Waals surface area contributed by atoms with E-state index in [1.807, 2.05) is 42.5 Å². The summed E-state index contributed by atoms with van der Waals surface area (Å²) in [5.41, 5.74) is 1.34. The molecule has 25 heavy (non-hydrogen) atoms. The van der Waals surface area contributed by atoms with Crippen molar-refractivity contribution in [3.63, 3.8) is 0 Å². The zero-order chi connectivity index (χ0) is 17.3. The number of aromatic nitrogens is 1. The molecule has 126 valence electrons. The molecule has 1 aliphatic carbocycles. The van der Waals surface area contributed by atoms with E-state index >= 15 is 0 Å². The van der Waals surface area contributed by atoms with Crippen molar-refractivity contribution in [3.05, 3.63) is 77.3 Å². The van der Waals surface area contributed by atoms with Gasteiger partial charge >= 0.3 is 5.97 Å². The van der Waals surface area contributed by atoms with Gasteiger partial charge in [0.05, 0.1) is 11.6 Å². The number of benzene rings is 2. The molecule has 0 spiro atoms. The summed E-state index contributed by atoms with van der Waals surface area (Å²) in [6.07, 6.45) is 3.22. The van der Waals surface area contributed by atoms with E-state index in [2.05, 4.69) is 4.98 Å². The van der Waals surface area contributed by atoms with E-state index in [1.165, 1.54) is 0 Å². The van der Waals surface area contributed by atoms with Crippen molar-refractivity contribution in [2.75, 3.05) is 0 Å². The van der Waals surface area contributed by atoms with Crippen LogP contribution >= 0.6 is 11.6 Å². The first-order valence-electron chi connectivity index (χ1n) is 8.11. The average molecular weight is 354 g/mol. The maximum Gasteiger partial charge on any atom is 0.317 e. The van der Waals surface area contributed by atoms with Gasteiger partial charge < -0.3 is 9.15 Å². The number of hydrogen-bond donors (Lipinski definition) is 0. The Morgan fingerprint density at radius 3 is 2.52 bits per heavy atom. The first-order chi connectivity index (χ1) is 12.2. The Balaban J connectivity index is 1.43. The van der Waals surface area contributed by atoms with Crippen LogP contribution < -0.4 is 0 Å². The smallest absolute Gasteiger partial charge is 0.317 e. The van der Waals surface area contributed by atoms with Gasteiger partial charge in [-0.2, -0.15) is 0 Å². The molecule has 0 aliphatic heterocycles. The fourth-order valence-corrected chi connectivity index (χ4v) is 3.01. The number of nitrogens with zero attached hydrogens (tertiary/aromatic N) is 1. The summed E-state index contributed by atoms with van der Waals surface area (Å²) in [6.45, 7) is 0.0288. The van der Waals surface area contributed by atoms with E-state index in [9.17, 15) is 4.79 Å². The Morgan fingerprint density at radius 2 is 1.84 bits per heavy atom. The Kier molecular flexibility index (Phi) is 4.06. The van der Waals surface area contributed by atoms with Crippen molar-refractivity contribution in [3.8, 4) is 11.3 Å². The number of carbonyl (C=O) groups excluding carboxylic acids is 1. The van der Waals surface area contributed by atoms with Gasteiger partial charge in [0.2, 0.25) is 5.89 Å². The highest BCUT2D eigenvalue weighted by molar-refractivity contribution is 6.30. The number of oxazole rings is 1. The molecule has 0 amide bonds. The molecule has 1 saturated carbocycles. The zero-order valence-electron chi connectivity index (χ0n) is 13.4. The van der Waals surface area contributed by atoms with Crippen LogP contribution in [0.2, 0.25) is 5.02 Å². The predicted octanol–water partition coefficient (Wildman–Crippen LogP) is 4.77. The molecule has 0 N–H and O–H groups in total. The zero-order valence-corrected chi connectivity index (χ0v) is 14.2. The molecule has 4 rings (SSSR count). The van der Waals surface area contributed by atoms with Crippen molar-refractivity contribution in [1.82, 2.24) is 4.98 Å². The van der Waals surface area contributed by atoms with Crippen LogP contribution in [0.5, 0.6) is 0 Å². The third-order valence-corrected chi connectivity index (χ3v) is 4.73. The van der Waals surface area contributed by atoms with Crippen LogP contribution in [0.3, 0.4) is 0 Å². The van der Waals surface area contributed by atoms with Gasteiger partial charge in [-0.05, 0) is 30.5 Å². The summed E-state index contributed by atoms with van der Waals surface area (Å²) in [5, 5.41) is 0.654. The quantitative estimate of drug-likeness (QED) is 0.620. The van der Waals surface area contributed by atoms with Crippen LogP contribution in [-0.2, 0) is 21.6 Å². The lowest BCUT2D eigenvalue weighted by Gasteiger charge is -2.14. The van der Waals surface area contributed by atoms with Gasteiger partial charge in [0.15, 0.2) is 12.4 Å². The van der Waals surface area contributed by atoms with Crippen LogP contribution in [0.1, 0.15) is 24.3 Å². The average Bonchev–Trinajstić information content (AvgIpc) is 3.32. The second-order valence-corrected chi connectivity index (χ2v) is 6.59. The van der Waals surface area contributed by atoms with Crippen LogP contribution in [0.15, 0.2) is 65.2 Å². The van der Waals surface area contributed by atoms with Crippen molar-refractivity contribution in [2.24, 2.45) is 0 Å². The molecule has 1 aromatic heterocycles. The summed E-state index contributed by atoms with van der Waals surface area (Å²) in [7, 11) is 0. The van der Waals surface area contributed by atoms with E-state index < -0.39 is 5.41 Å². The molecule has 0 radical (unpaired) electrons. The Labute approximate surface area is 150 Å². The second kappa shape index (κ2) is 6.37. The minimum atomic E-state index is -0.542. The number of carbonyl (C=O) groups is 1. The van der Waals surface area contributed by atoms with Gasteiger partial charge in [-0.1, -0.05) is 54.1 Å². The predicted molar refractivity (Wildman–Crippen MR) is 94.1 cm³/mol. The normalized spacial score (nSPS) is 14.9. The number of esters is 1. The molecule has 3 aromatic rings. The topological polar surface area (TPSA) is 52.3 Å². The molecular weight excluding hydrogens is 338 g/mol. The molecule has 0 unspecified atom stereocenters. The molecule has 5 heteroatoms. The number of rotatable bonds is 5. The summed E-state index contributed by atoms with van der Waals surface area (Å²) < 4.78 is 11.1. The van der Waals surface area contributed by atoms with Crippen LogP contribution in [0, 0.1) is 0 Å². The van der Waals surface area contributed by atoms with E-state index in [4.69, 9.17) is 20.8 Å². The highest BCUT2D eigenvalue weighted by atomic mass is 35.5. The lowest BCUT2D eigenvalue weighted by atomic mass is 9.96. The van der Waals surface area contributed by atoms with Gasteiger partial charge in [0, 0.05) is 10.6 Å². The lowest BCUT2D eigenvalue weighted by molar-refractivity contribution is -0.148. The van der Waals surface area contributed by atoms with E-state index in [-0.39, 0.29) is 12.6 Å². The van der Waals surface area contributed by atoms with Crippen molar-refractivity contribution >= 4 is 17.6 Å². The van der Waals surface area contributed by atoms with Gasteiger partial charge in [-0.25, -0.2) is 4.98 Å². The molecule has 0 bridgehead atoms. The number of halogens is 1. The maximum absolute atomic E-state index is 12.5. The third kappa shape index (κ3) is 3.17.